The molecule has 1 amide bonds. The number of carbonyl (C=O) groups excluding carboxylic acids is 1. The Hall–Kier alpha value is -2.31. The van der Waals surface area contributed by atoms with Gasteiger partial charge in [-0.3, -0.25) is 14.2 Å². The van der Waals surface area contributed by atoms with Crippen LogP contribution in [0.15, 0.2) is 64.4 Å². The van der Waals surface area contributed by atoms with Crippen LogP contribution in [0.5, 0.6) is 0 Å². The molecule has 0 radical (unpaired) electrons. The zero-order valence-corrected chi connectivity index (χ0v) is 19.6. The SMILES string of the molecule is Cc1cccc(NC(=O)Cn2c3c(sc2=O)[C@@H](c2ccccc2)C2C4CCC(C4)C2S3)c1. The molecule has 164 valence electrons. The van der Waals surface area contributed by atoms with Crippen LogP contribution in [-0.4, -0.2) is 15.7 Å². The van der Waals surface area contributed by atoms with Crippen LogP contribution in [0.4, 0.5) is 5.69 Å². The zero-order valence-electron chi connectivity index (χ0n) is 18.0. The highest BCUT2D eigenvalue weighted by atomic mass is 32.2. The van der Waals surface area contributed by atoms with E-state index in [4.69, 9.17) is 0 Å². The summed E-state index contributed by atoms with van der Waals surface area (Å²) in [5.41, 5.74) is 3.18. The van der Waals surface area contributed by atoms with Crippen LogP contribution in [0.2, 0.25) is 0 Å². The molecule has 4 unspecified atom stereocenters. The number of nitrogens with zero attached hydrogens (tertiary/aromatic N) is 1. The minimum atomic E-state index is -0.148. The molecule has 2 aliphatic carbocycles. The summed E-state index contributed by atoms with van der Waals surface area (Å²) in [7, 11) is 0. The molecule has 1 N–H and O–H groups in total. The molecule has 2 saturated carbocycles. The Morgan fingerprint density at radius 3 is 2.72 bits per heavy atom. The van der Waals surface area contributed by atoms with Gasteiger partial charge in [-0.05, 0) is 67.2 Å². The van der Waals surface area contributed by atoms with Gasteiger partial charge in [0.1, 0.15) is 6.54 Å². The second kappa shape index (κ2) is 7.92. The molecule has 32 heavy (non-hydrogen) atoms. The van der Waals surface area contributed by atoms with E-state index in [0.717, 1.165) is 28.1 Å². The number of thioether (sulfide) groups is 1. The van der Waals surface area contributed by atoms with Crippen LogP contribution in [0.3, 0.4) is 0 Å². The number of hydrogen-bond donors (Lipinski definition) is 1. The summed E-state index contributed by atoms with van der Waals surface area (Å²) >= 11 is 3.23. The summed E-state index contributed by atoms with van der Waals surface area (Å²) in [6, 6.07) is 18.5. The maximum atomic E-state index is 13.1. The first-order chi connectivity index (χ1) is 15.6. The maximum Gasteiger partial charge on any atom is 0.308 e. The molecule has 1 aromatic heterocycles. The van der Waals surface area contributed by atoms with Crippen molar-refractivity contribution in [2.24, 2.45) is 17.8 Å². The van der Waals surface area contributed by atoms with Crippen LogP contribution in [0, 0.1) is 24.7 Å². The first-order valence-electron chi connectivity index (χ1n) is 11.4. The van der Waals surface area contributed by atoms with Crippen molar-refractivity contribution in [1.29, 1.82) is 0 Å². The minimum Gasteiger partial charge on any atom is -0.325 e. The van der Waals surface area contributed by atoms with E-state index >= 15 is 0 Å². The van der Waals surface area contributed by atoms with E-state index in [1.807, 2.05) is 43.0 Å². The Labute approximate surface area is 196 Å². The normalized spacial score (nSPS) is 27.7. The summed E-state index contributed by atoms with van der Waals surface area (Å²) < 4.78 is 1.73. The highest BCUT2D eigenvalue weighted by Crippen LogP contribution is 2.63. The summed E-state index contributed by atoms with van der Waals surface area (Å²) in [6.45, 7) is 2.07. The quantitative estimate of drug-likeness (QED) is 0.556. The molecule has 0 spiro atoms. The monoisotopic (exact) mass is 462 g/mol. The lowest BCUT2D eigenvalue weighted by Gasteiger charge is -2.40. The van der Waals surface area contributed by atoms with Crippen LogP contribution < -0.4 is 10.2 Å². The van der Waals surface area contributed by atoms with E-state index in [1.54, 1.807) is 4.57 Å². The molecule has 3 aromatic rings. The van der Waals surface area contributed by atoms with Crippen molar-refractivity contribution in [1.82, 2.24) is 4.57 Å². The molecule has 2 aromatic carbocycles. The fraction of sp³-hybridized carbons (Fsp3) is 0.385. The molecule has 0 saturated heterocycles. The number of hydrogen-bond acceptors (Lipinski definition) is 4. The van der Waals surface area contributed by atoms with Gasteiger partial charge in [-0.15, -0.1) is 11.8 Å². The fourth-order valence-electron chi connectivity index (χ4n) is 6.19. The molecule has 6 rings (SSSR count). The third kappa shape index (κ3) is 3.35. The van der Waals surface area contributed by atoms with Gasteiger partial charge in [0, 0.05) is 21.7 Å². The van der Waals surface area contributed by atoms with Crippen LogP contribution in [0.25, 0.3) is 0 Å². The summed E-state index contributed by atoms with van der Waals surface area (Å²) in [5.74, 6) is 2.21. The lowest BCUT2D eigenvalue weighted by Crippen LogP contribution is -2.34. The topological polar surface area (TPSA) is 51.1 Å². The average Bonchev–Trinajstić information content (AvgIpc) is 3.47. The number of rotatable bonds is 4. The van der Waals surface area contributed by atoms with Crippen molar-refractivity contribution >= 4 is 34.7 Å². The Morgan fingerprint density at radius 2 is 1.91 bits per heavy atom. The van der Waals surface area contributed by atoms with Crippen molar-refractivity contribution in [3.63, 3.8) is 0 Å². The number of thiazole rings is 1. The molecular weight excluding hydrogens is 436 g/mol. The van der Waals surface area contributed by atoms with Gasteiger partial charge in [0.2, 0.25) is 5.91 Å². The number of aromatic nitrogens is 1. The van der Waals surface area contributed by atoms with Crippen molar-refractivity contribution in [2.45, 2.75) is 48.9 Å². The van der Waals surface area contributed by atoms with Gasteiger partial charge in [-0.1, -0.05) is 53.8 Å². The fourth-order valence-corrected chi connectivity index (χ4v) is 9.34. The number of anilines is 1. The predicted octanol–water partition coefficient (Wildman–Crippen LogP) is 5.51. The average molecular weight is 463 g/mol. The molecule has 6 heteroatoms. The van der Waals surface area contributed by atoms with Gasteiger partial charge < -0.3 is 5.32 Å². The Morgan fingerprint density at radius 1 is 1.09 bits per heavy atom. The van der Waals surface area contributed by atoms with Crippen molar-refractivity contribution in [3.05, 3.63) is 80.3 Å². The number of amides is 1. The molecule has 3 aliphatic rings. The standard InChI is InChI=1S/C26H26N2O2S2/c1-15-6-5-9-19(12-15)27-20(29)14-28-25-24(32-26(28)30)21(16-7-3-2-4-8-16)22-17-10-11-18(13-17)23(22)31-25/h2-9,12,17-18,21-23H,10-11,13-14H2,1H3,(H,27,29)/t17?,18?,21-,22?,23?/m0/s1. The molecule has 2 heterocycles. The third-order valence-corrected chi connectivity index (χ3v) is 10.3. The second-order valence-electron chi connectivity index (χ2n) is 9.42. The van der Waals surface area contributed by atoms with E-state index in [2.05, 4.69) is 35.6 Å². The Bertz CT molecular complexity index is 1230. The van der Waals surface area contributed by atoms with Gasteiger partial charge in [0.25, 0.3) is 0 Å². The zero-order chi connectivity index (χ0) is 21.8. The maximum absolute atomic E-state index is 13.1. The third-order valence-electron chi connectivity index (χ3n) is 7.45. The van der Waals surface area contributed by atoms with Gasteiger partial charge >= 0.3 is 4.87 Å². The molecular formula is C26H26N2O2S2. The van der Waals surface area contributed by atoms with Gasteiger partial charge in [-0.2, -0.15) is 0 Å². The van der Waals surface area contributed by atoms with Crippen LogP contribution >= 0.6 is 23.1 Å². The summed E-state index contributed by atoms with van der Waals surface area (Å²) in [5, 5.41) is 4.55. The number of aryl methyl sites for hydroxylation is 1. The number of nitrogens with one attached hydrogen (secondary N) is 1. The van der Waals surface area contributed by atoms with Crippen molar-refractivity contribution in [2.75, 3.05) is 5.32 Å². The number of fused-ring (bicyclic) bond motifs is 6. The van der Waals surface area contributed by atoms with Gasteiger partial charge in [-0.25, -0.2) is 0 Å². The van der Waals surface area contributed by atoms with E-state index in [0.29, 0.717) is 11.2 Å². The molecule has 2 fully saturated rings. The van der Waals surface area contributed by atoms with E-state index in [9.17, 15) is 9.59 Å². The number of benzene rings is 2. The van der Waals surface area contributed by atoms with E-state index in [-0.39, 0.29) is 23.2 Å². The van der Waals surface area contributed by atoms with Crippen molar-refractivity contribution in [3.8, 4) is 0 Å². The lowest BCUT2D eigenvalue weighted by molar-refractivity contribution is -0.116. The van der Waals surface area contributed by atoms with Gasteiger partial charge in [0.15, 0.2) is 0 Å². The predicted molar refractivity (Wildman–Crippen MR) is 131 cm³/mol. The number of carbonyl (C=O) groups is 1. The first kappa shape index (κ1) is 20.3. The Kier molecular flexibility index (Phi) is 5.03. The summed E-state index contributed by atoms with van der Waals surface area (Å²) in [4.78, 5) is 27.1. The highest BCUT2D eigenvalue weighted by Gasteiger charge is 2.55. The Balaban J connectivity index is 1.36. The highest BCUT2D eigenvalue weighted by molar-refractivity contribution is 8.00. The first-order valence-corrected chi connectivity index (χ1v) is 13.1. The lowest BCUT2D eigenvalue weighted by atomic mass is 9.75. The van der Waals surface area contributed by atoms with Crippen LogP contribution in [0.1, 0.15) is 41.2 Å². The van der Waals surface area contributed by atoms with Crippen molar-refractivity contribution < 1.29 is 4.79 Å². The largest absolute Gasteiger partial charge is 0.325 e. The molecule has 2 bridgehead atoms. The van der Waals surface area contributed by atoms with E-state index in [1.165, 1.54) is 41.0 Å². The van der Waals surface area contributed by atoms with E-state index < -0.39 is 0 Å². The molecule has 5 atom stereocenters. The summed E-state index contributed by atoms with van der Waals surface area (Å²) in [6.07, 6.45) is 3.94. The molecule has 4 nitrogen and oxygen atoms in total. The van der Waals surface area contributed by atoms with Crippen LogP contribution in [-0.2, 0) is 11.3 Å². The van der Waals surface area contributed by atoms with Gasteiger partial charge in [0.05, 0.1) is 5.03 Å². The smallest absolute Gasteiger partial charge is 0.308 e. The minimum absolute atomic E-state index is 0.0184. The molecule has 1 aliphatic heterocycles. The second-order valence-corrected chi connectivity index (χ2v) is 11.6.